The summed E-state index contributed by atoms with van der Waals surface area (Å²) in [6.07, 6.45) is 2.84. The van der Waals surface area contributed by atoms with Crippen molar-refractivity contribution >= 4 is 0 Å². The highest BCUT2D eigenvalue weighted by molar-refractivity contribution is 5.53. The minimum atomic E-state index is 0.595. The number of nitrogens with two attached hydrogens (primary N) is 1. The third-order valence-electron chi connectivity index (χ3n) is 3.05. The van der Waals surface area contributed by atoms with E-state index >= 15 is 0 Å². The summed E-state index contributed by atoms with van der Waals surface area (Å²) in [6.45, 7) is 5.05. The van der Waals surface area contributed by atoms with Crippen LogP contribution in [0.4, 0.5) is 0 Å². The van der Waals surface area contributed by atoms with Crippen LogP contribution < -0.4 is 5.73 Å². The summed E-state index contributed by atoms with van der Waals surface area (Å²) in [7, 11) is 0. The third kappa shape index (κ3) is 3.89. The molecule has 2 N–H and O–H groups in total. The van der Waals surface area contributed by atoms with E-state index in [0.29, 0.717) is 18.4 Å². The molecule has 0 spiro atoms. The van der Waals surface area contributed by atoms with Crippen molar-refractivity contribution < 1.29 is 4.52 Å². The Morgan fingerprint density at radius 3 is 2.53 bits per heavy atom. The molecule has 2 aromatic rings. The molecule has 0 unspecified atom stereocenters. The summed E-state index contributed by atoms with van der Waals surface area (Å²) >= 11 is 0. The summed E-state index contributed by atoms with van der Waals surface area (Å²) in [5.74, 6) is 2.03. The van der Waals surface area contributed by atoms with Crippen molar-refractivity contribution in [3.05, 3.63) is 35.7 Å². The molecule has 2 rings (SSSR count). The molecule has 102 valence electrons. The van der Waals surface area contributed by atoms with Crippen molar-refractivity contribution in [1.29, 1.82) is 0 Å². The van der Waals surface area contributed by atoms with Crippen LogP contribution in [0, 0.1) is 5.92 Å². The lowest BCUT2D eigenvalue weighted by Crippen LogP contribution is -2.02. The Bertz CT molecular complexity index is 502. The molecule has 19 heavy (non-hydrogen) atoms. The standard InChI is InChI=1S/C15H21N3O/c1-11(2)3-8-14-17-15(19-18-14)13-6-4-12(5-7-13)9-10-16/h4-7,11H,3,8-10,16H2,1-2H3. The van der Waals surface area contributed by atoms with E-state index < -0.39 is 0 Å². The summed E-state index contributed by atoms with van der Waals surface area (Å²) in [5, 5.41) is 4.02. The van der Waals surface area contributed by atoms with Crippen molar-refractivity contribution in [1.82, 2.24) is 10.1 Å². The van der Waals surface area contributed by atoms with E-state index in [1.54, 1.807) is 0 Å². The second kappa shape index (κ2) is 6.48. The van der Waals surface area contributed by atoms with Crippen molar-refractivity contribution in [2.75, 3.05) is 6.54 Å². The first-order chi connectivity index (χ1) is 9.19. The van der Waals surface area contributed by atoms with Crippen molar-refractivity contribution in [3.63, 3.8) is 0 Å². The molecule has 0 aliphatic heterocycles. The van der Waals surface area contributed by atoms with E-state index in [1.165, 1.54) is 5.56 Å². The molecule has 0 aliphatic rings. The molecule has 0 fully saturated rings. The monoisotopic (exact) mass is 259 g/mol. The number of aromatic nitrogens is 2. The van der Waals surface area contributed by atoms with Crippen LogP contribution in [-0.2, 0) is 12.8 Å². The largest absolute Gasteiger partial charge is 0.334 e. The van der Waals surface area contributed by atoms with Crippen LogP contribution in [0.1, 0.15) is 31.7 Å². The minimum absolute atomic E-state index is 0.595. The van der Waals surface area contributed by atoms with Crippen molar-refractivity contribution in [3.8, 4) is 11.5 Å². The fraction of sp³-hybridized carbons (Fsp3) is 0.467. The Hall–Kier alpha value is -1.68. The molecule has 0 radical (unpaired) electrons. The van der Waals surface area contributed by atoms with Gasteiger partial charge in [-0.1, -0.05) is 31.1 Å². The Kier molecular flexibility index (Phi) is 4.68. The van der Waals surface area contributed by atoms with Crippen LogP contribution >= 0.6 is 0 Å². The maximum Gasteiger partial charge on any atom is 0.257 e. The second-order valence-corrected chi connectivity index (χ2v) is 5.18. The van der Waals surface area contributed by atoms with Gasteiger partial charge in [0.05, 0.1) is 0 Å². The van der Waals surface area contributed by atoms with Crippen LogP contribution in [0.25, 0.3) is 11.5 Å². The lowest BCUT2D eigenvalue weighted by Gasteiger charge is -1.99. The predicted octanol–water partition coefficient (Wildman–Crippen LogP) is 2.83. The first-order valence-electron chi connectivity index (χ1n) is 6.81. The predicted molar refractivity (Wildman–Crippen MR) is 75.7 cm³/mol. The molecule has 1 aromatic heterocycles. The fourth-order valence-corrected chi connectivity index (χ4v) is 1.87. The second-order valence-electron chi connectivity index (χ2n) is 5.18. The molecule has 1 heterocycles. The Morgan fingerprint density at radius 1 is 1.16 bits per heavy atom. The van der Waals surface area contributed by atoms with Gasteiger partial charge in [0.15, 0.2) is 5.82 Å². The van der Waals surface area contributed by atoms with E-state index in [1.807, 2.05) is 12.1 Å². The van der Waals surface area contributed by atoms with Crippen LogP contribution in [0.15, 0.2) is 28.8 Å². The lowest BCUT2D eigenvalue weighted by molar-refractivity contribution is 0.419. The third-order valence-corrected chi connectivity index (χ3v) is 3.05. The van der Waals surface area contributed by atoms with E-state index in [9.17, 15) is 0 Å². The molecular weight excluding hydrogens is 238 g/mol. The summed E-state index contributed by atoms with van der Waals surface area (Å²) in [5.41, 5.74) is 7.72. The Morgan fingerprint density at radius 2 is 1.89 bits per heavy atom. The zero-order valence-corrected chi connectivity index (χ0v) is 11.6. The first kappa shape index (κ1) is 13.7. The van der Waals surface area contributed by atoms with Gasteiger partial charge in [0.1, 0.15) is 0 Å². The average molecular weight is 259 g/mol. The van der Waals surface area contributed by atoms with Gasteiger partial charge in [0, 0.05) is 12.0 Å². The first-order valence-corrected chi connectivity index (χ1v) is 6.81. The molecular formula is C15H21N3O. The zero-order chi connectivity index (χ0) is 13.7. The molecule has 1 aromatic carbocycles. The molecule has 4 heteroatoms. The Balaban J connectivity index is 2.05. The van der Waals surface area contributed by atoms with Crippen LogP contribution in [0.3, 0.4) is 0 Å². The Labute approximate surface area is 114 Å². The zero-order valence-electron chi connectivity index (χ0n) is 11.6. The van der Waals surface area contributed by atoms with Gasteiger partial charge < -0.3 is 10.3 Å². The molecule has 0 atom stereocenters. The van der Waals surface area contributed by atoms with Gasteiger partial charge in [-0.25, -0.2) is 0 Å². The number of nitrogens with zero attached hydrogens (tertiary/aromatic N) is 2. The van der Waals surface area contributed by atoms with Gasteiger partial charge in [0.2, 0.25) is 0 Å². The van der Waals surface area contributed by atoms with Crippen molar-refractivity contribution in [2.24, 2.45) is 11.7 Å². The van der Waals surface area contributed by atoms with Crippen LogP contribution in [0.5, 0.6) is 0 Å². The normalized spacial score (nSPS) is 11.2. The lowest BCUT2D eigenvalue weighted by atomic mass is 10.1. The molecule has 0 saturated heterocycles. The highest BCUT2D eigenvalue weighted by Crippen LogP contribution is 2.18. The topological polar surface area (TPSA) is 64.9 Å². The van der Waals surface area contributed by atoms with E-state index in [2.05, 4.69) is 36.1 Å². The summed E-state index contributed by atoms with van der Waals surface area (Å²) in [4.78, 5) is 4.43. The van der Waals surface area contributed by atoms with Crippen LogP contribution in [-0.4, -0.2) is 16.7 Å². The number of aryl methyl sites for hydroxylation is 1. The highest BCUT2D eigenvalue weighted by atomic mass is 16.5. The van der Waals surface area contributed by atoms with Gasteiger partial charge in [-0.15, -0.1) is 0 Å². The summed E-state index contributed by atoms with van der Waals surface area (Å²) < 4.78 is 5.30. The van der Waals surface area contributed by atoms with Gasteiger partial charge in [0.25, 0.3) is 5.89 Å². The number of hydrogen-bond acceptors (Lipinski definition) is 4. The molecule has 0 saturated carbocycles. The van der Waals surface area contributed by atoms with Gasteiger partial charge in [-0.3, -0.25) is 0 Å². The fourth-order valence-electron chi connectivity index (χ4n) is 1.87. The summed E-state index contributed by atoms with van der Waals surface area (Å²) in [6, 6.07) is 8.12. The van der Waals surface area contributed by atoms with Gasteiger partial charge >= 0.3 is 0 Å². The highest BCUT2D eigenvalue weighted by Gasteiger charge is 2.09. The maximum atomic E-state index is 5.53. The van der Waals surface area contributed by atoms with Crippen molar-refractivity contribution in [2.45, 2.75) is 33.1 Å². The van der Waals surface area contributed by atoms with E-state index in [-0.39, 0.29) is 0 Å². The number of hydrogen-bond donors (Lipinski definition) is 1. The molecule has 0 aliphatic carbocycles. The minimum Gasteiger partial charge on any atom is -0.334 e. The maximum absolute atomic E-state index is 5.53. The number of benzene rings is 1. The van der Waals surface area contributed by atoms with Gasteiger partial charge in [-0.2, -0.15) is 4.98 Å². The smallest absolute Gasteiger partial charge is 0.257 e. The van der Waals surface area contributed by atoms with E-state index in [4.69, 9.17) is 10.3 Å². The molecule has 0 amide bonds. The molecule has 4 nitrogen and oxygen atoms in total. The van der Waals surface area contributed by atoms with Crippen LogP contribution in [0.2, 0.25) is 0 Å². The average Bonchev–Trinajstić information content (AvgIpc) is 2.86. The quantitative estimate of drug-likeness (QED) is 0.866. The van der Waals surface area contributed by atoms with E-state index in [0.717, 1.165) is 30.7 Å². The number of rotatable bonds is 6. The molecule has 0 bridgehead atoms. The SMILES string of the molecule is CC(C)CCc1noc(-c2ccc(CCN)cc2)n1. The van der Waals surface area contributed by atoms with Gasteiger partial charge in [-0.05, 0) is 43.0 Å².